The largest absolute Gasteiger partial charge is 0.460 e. The van der Waals surface area contributed by atoms with Gasteiger partial charge in [0.15, 0.2) is 0 Å². The summed E-state index contributed by atoms with van der Waals surface area (Å²) in [6.07, 6.45) is -0.329. The Balaban J connectivity index is 1.72. The highest BCUT2D eigenvalue weighted by Crippen LogP contribution is 2.38. The van der Waals surface area contributed by atoms with Gasteiger partial charge in [-0.1, -0.05) is 48.5 Å². The molecule has 0 saturated carbocycles. The molecule has 2 aromatic carbocycles. The Bertz CT molecular complexity index is 788. The van der Waals surface area contributed by atoms with Gasteiger partial charge >= 0.3 is 5.97 Å². The second-order valence-corrected chi connectivity index (χ2v) is 7.66. The van der Waals surface area contributed by atoms with Gasteiger partial charge in [-0.05, 0) is 31.4 Å². The van der Waals surface area contributed by atoms with E-state index in [4.69, 9.17) is 4.74 Å². The SMILES string of the molecule is CC(=O)OC(C)(C)Cc1ccccc1CCN1C(O)c2ccccc2C1O. The molecule has 1 aliphatic heterocycles. The van der Waals surface area contributed by atoms with Gasteiger partial charge in [-0.3, -0.25) is 4.79 Å². The van der Waals surface area contributed by atoms with E-state index in [1.807, 2.05) is 62.4 Å². The molecule has 0 amide bonds. The Hall–Kier alpha value is -2.21. The lowest BCUT2D eigenvalue weighted by Crippen LogP contribution is -2.31. The molecular weight excluding hydrogens is 342 g/mol. The van der Waals surface area contributed by atoms with E-state index < -0.39 is 18.1 Å². The highest BCUT2D eigenvalue weighted by molar-refractivity contribution is 5.66. The van der Waals surface area contributed by atoms with E-state index in [1.54, 1.807) is 4.90 Å². The van der Waals surface area contributed by atoms with Crippen molar-refractivity contribution in [1.29, 1.82) is 0 Å². The molecule has 0 saturated heterocycles. The molecule has 0 aromatic heterocycles. The van der Waals surface area contributed by atoms with Crippen molar-refractivity contribution in [1.82, 2.24) is 4.90 Å². The van der Waals surface area contributed by atoms with Crippen LogP contribution in [-0.2, 0) is 22.4 Å². The van der Waals surface area contributed by atoms with Crippen molar-refractivity contribution in [2.45, 2.75) is 51.7 Å². The normalized spacial score (nSPS) is 19.7. The number of nitrogens with zero attached hydrogens (tertiary/aromatic N) is 1. The topological polar surface area (TPSA) is 70.0 Å². The molecule has 0 bridgehead atoms. The molecule has 5 heteroatoms. The highest BCUT2D eigenvalue weighted by Gasteiger charge is 2.35. The van der Waals surface area contributed by atoms with Crippen molar-refractivity contribution in [3.8, 4) is 0 Å². The van der Waals surface area contributed by atoms with Crippen LogP contribution in [0.1, 0.15) is 55.5 Å². The summed E-state index contributed by atoms with van der Waals surface area (Å²) >= 11 is 0. The maximum absolute atomic E-state index is 11.3. The predicted octanol–water partition coefficient (Wildman–Crippen LogP) is 3.11. The summed E-state index contributed by atoms with van der Waals surface area (Å²) < 4.78 is 5.42. The van der Waals surface area contributed by atoms with E-state index in [9.17, 15) is 15.0 Å². The number of aliphatic hydroxyl groups is 2. The van der Waals surface area contributed by atoms with Crippen molar-refractivity contribution in [2.24, 2.45) is 0 Å². The Morgan fingerprint density at radius 1 is 1.00 bits per heavy atom. The molecule has 144 valence electrons. The first-order chi connectivity index (χ1) is 12.8. The first kappa shape index (κ1) is 19.5. The van der Waals surface area contributed by atoms with Crippen LogP contribution < -0.4 is 0 Å². The zero-order chi connectivity index (χ0) is 19.6. The first-order valence-electron chi connectivity index (χ1n) is 9.25. The molecule has 0 spiro atoms. The molecule has 27 heavy (non-hydrogen) atoms. The summed E-state index contributed by atoms with van der Waals surface area (Å²) in [6, 6.07) is 15.4. The summed E-state index contributed by atoms with van der Waals surface area (Å²) in [5, 5.41) is 21.1. The number of ether oxygens (including phenoxy) is 1. The number of rotatable bonds is 6. The van der Waals surface area contributed by atoms with Crippen LogP contribution in [0.4, 0.5) is 0 Å². The standard InChI is InChI=1S/C22H27NO4/c1-15(24)27-22(2,3)14-17-9-5-4-8-16(17)12-13-23-20(25)18-10-6-7-11-19(18)21(23)26/h4-11,20-21,25-26H,12-14H2,1-3H3. The molecule has 0 aliphatic carbocycles. The van der Waals surface area contributed by atoms with Crippen LogP contribution in [0.25, 0.3) is 0 Å². The van der Waals surface area contributed by atoms with Gasteiger partial charge in [0.25, 0.3) is 0 Å². The molecule has 0 radical (unpaired) electrons. The summed E-state index contributed by atoms with van der Waals surface area (Å²) in [5.41, 5.74) is 3.14. The number of esters is 1. The van der Waals surface area contributed by atoms with Gasteiger partial charge in [-0.15, -0.1) is 0 Å². The monoisotopic (exact) mass is 369 g/mol. The maximum atomic E-state index is 11.3. The van der Waals surface area contributed by atoms with E-state index in [0.717, 1.165) is 22.3 Å². The van der Waals surface area contributed by atoms with Crippen LogP contribution in [0, 0.1) is 0 Å². The molecule has 1 aliphatic rings. The molecule has 2 atom stereocenters. The van der Waals surface area contributed by atoms with Gasteiger partial charge in [0, 0.05) is 31.0 Å². The lowest BCUT2D eigenvalue weighted by Gasteiger charge is -2.27. The van der Waals surface area contributed by atoms with Crippen LogP contribution in [0.2, 0.25) is 0 Å². The van der Waals surface area contributed by atoms with Gasteiger partial charge in [-0.25, -0.2) is 4.90 Å². The second-order valence-electron chi connectivity index (χ2n) is 7.66. The van der Waals surface area contributed by atoms with Crippen LogP contribution in [0.15, 0.2) is 48.5 Å². The number of hydrogen-bond donors (Lipinski definition) is 2. The Morgan fingerprint density at radius 3 is 2.07 bits per heavy atom. The number of benzene rings is 2. The number of aliphatic hydroxyl groups excluding tert-OH is 2. The molecule has 2 N–H and O–H groups in total. The fraction of sp³-hybridized carbons (Fsp3) is 0.409. The van der Waals surface area contributed by atoms with E-state index in [0.29, 0.717) is 19.4 Å². The minimum Gasteiger partial charge on any atom is -0.460 e. The van der Waals surface area contributed by atoms with Gasteiger partial charge in [-0.2, -0.15) is 0 Å². The highest BCUT2D eigenvalue weighted by atomic mass is 16.6. The molecule has 2 unspecified atom stereocenters. The summed E-state index contributed by atoms with van der Waals surface area (Å²) in [6.45, 7) is 5.73. The Labute approximate surface area is 160 Å². The average molecular weight is 369 g/mol. The summed E-state index contributed by atoms with van der Waals surface area (Å²) in [7, 11) is 0. The quantitative estimate of drug-likeness (QED) is 0.766. The molecule has 3 rings (SSSR count). The maximum Gasteiger partial charge on any atom is 0.303 e. The van der Waals surface area contributed by atoms with Crippen LogP contribution in [0.5, 0.6) is 0 Å². The smallest absolute Gasteiger partial charge is 0.303 e. The van der Waals surface area contributed by atoms with Crippen molar-refractivity contribution in [2.75, 3.05) is 6.54 Å². The molecule has 2 aromatic rings. The van der Waals surface area contributed by atoms with Gasteiger partial charge in [0.1, 0.15) is 18.1 Å². The average Bonchev–Trinajstić information content (AvgIpc) is 2.84. The van der Waals surface area contributed by atoms with Crippen molar-refractivity contribution >= 4 is 5.97 Å². The summed E-state index contributed by atoms with van der Waals surface area (Å²) in [4.78, 5) is 13.0. The van der Waals surface area contributed by atoms with Gasteiger partial charge in [0.2, 0.25) is 0 Å². The molecular formula is C22H27NO4. The van der Waals surface area contributed by atoms with E-state index >= 15 is 0 Å². The van der Waals surface area contributed by atoms with Crippen LogP contribution in [0.3, 0.4) is 0 Å². The van der Waals surface area contributed by atoms with Crippen molar-refractivity contribution in [3.63, 3.8) is 0 Å². The summed E-state index contributed by atoms with van der Waals surface area (Å²) in [5.74, 6) is -0.293. The third-order valence-electron chi connectivity index (χ3n) is 4.97. The minimum absolute atomic E-state index is 0.293. The zero-order valence-corrected chi connectivity index (χ0v) is 16.1. The van der Waals surface area contributed by atoms with Gasteiger partial charge < -0.3 is 14.9 Å². The second kappa shape index (κ2) is 7.80. The zero-order valence-electron chi connectivity index (χ0n) is 16.1. The number of carbonyl (C=O) groups is 1. The Kier molecular flexibility index (Phi) is 5.65. The Morgan fingerprint density at radius 2 is 1.52 bits per heavy atom. The first-order valence-corrected chi connectivity index (χ1v) is 9.25. The van der Waals surface area contributed by atoms with Crippen LogP contribution in [-0.4, -0.2) is 33.2 Å². The third-order valence-corrected chi connectivity index (χ3v) is 4.97. The fourth-order valence-electron chi connectivity index (χ4n) is 3.82. The van der Waals surface area contributed by atoms with Gasteiger partial charge in [0.05, 0.1) is 0 Å². The number of carbonyl (C=O) groups excluding carboxylic acids is 1. The van der Waals surface area contributed by atoms with Crippen molar-refractivity contribution in [3.05, 3.63) is 70.8 Å². The van der Waals surface area contributed by atoms with Crippen molar-refractivity contribution < 1.29 is 19.7 Å². The van der Waals surface area contributed by atoms with E-state index in [2.05, 4.69) is 0 Å². The molecule has 0 fully saturated rings. The van der Waals surface area contributed by atoms with E-state index in [-0.39, 0.29) is 5.97 Å². The van der Waals surface area contributed by atoms with E-state index in [1.165, 1.54) is 6.92 Å². The lowest BCUT2D eigenvalue weighted by atomic mass is 9.93. The van der Waals surface area contributed by atoms with Crippen LogP contribution >= 0.6 is 0 Å². The predicted molar refractivity (Wildman–Crippen MR) is 103 cm³/mol. The minimum atomic E-state index is -0.805. The number of fused-ring (bicyclic) bond motifs is 1. The fourth-order valence-corrected chi connectivity index (χ4v) is 3.82. The molecule has 1 heterocycles. The number of hydrogen-bond acceptors (Lipinski definition) is 5. The molecule has 5 nitrogen and oxygen atoms in total. The lowest BCUT2D eigenvalue weighted by molar-refractivity contribution is -0.153. The third kappa shape index (κ3) is 4.38.